The van der Waals surface area contributed by atoms with E-state index in [-0.39, 0.29) is 17.5 Å². The van der Waals surface area contributed by atoms with E-state index < -0.39 is 0 Å². The third-order valence-electron chi connectivity index (χ3n) is 3.25. The van der Waals surface area contributed by atoms with Crippen molar-refractivity contribution in [2.24, 2.45) is 0 Å². The molecule has 1 saturated heterocycles. The van der Waals surface area contributed by atoms with Crippen LogP contribution in [0, 0.1) is 0 Å². The van der Waals surface area contributed by atoms with Crippen molar-refractivity contribution in [1.29, 1.82) is 0 Å². The third kappa shape index (κ3) is 4.64. The van der Waals surface area contributed by atoms with Crippen LogP contribution >= 0.6 is 0 Å². The zero-order chi connectivity index (χ0) is 15.3. The summed E-state index contributed by atoms with van der Waals surface area (Å²) in [4.78, 5) is 22.4. The molecule has 1 aliphatic heterocycles. The maximum absolute atomic E-state index is 12.2. The van der Waals surface area contributed by atoms with Crippen molar-refractivity contribution in [3.05, 3.63) is 18.0 Å². The maximum Gasteiger partial charge on any atom is 0.316 e. The van der Waals surface area contributed by atoms with Gasteiger partial charge in [0, 0.05) is 37.6 Å². The Bertz CT molecular complexity index is 470. The number of carbonyl (C=O) groups is 1. The van der Waals surface area contributed by atoms with Gasteiger partial charge < -0.3 is 14.8 Å². The first-order valence-electron chi connectivity index (χ1n) is 6.99. The molecule has 2 rings (SSSR count). The molecule has 0 aromatic carbocycles. The molecule has 0 radical (unpaired) electrons. The number of ether oxygens (including phenoxy) is 2. The molecule has 21 heavy (non-hydrogen) atoms. The summed E-state index contributed by atoms with van der Waals surface area (Å²) in [5.41, 5.74) is 0.0831. The number of morpholine rings is 1. The molecule has 0 aliphatic carbocycles. The Kier molecular flexibility index (Phi) is 5.08. The van der Waals surface area contributed by atoms with Crippen LogP contribution in [0.4, 0.5) is 0 Å². The van der Waals surface area contributed by atoms with E-state index >= 15 is 0 Å². The number of nitrogens with one attached hydrogen (secondary N) is 1. The number of methoxy groups -OCH3 is 1. The first-order valence-corrected chi connectivity index (χ1v) is 6.99. The predicted molar refractivity (Wildman–Crippen MR) is 77.4 cm³/mol. The van der Waals surface area contributed by atoms with E-state index in [2.05, 4.69) is 20.2 Å². The van der Waals surface area contributed by atoms with E-state index in [0.717, 1.165) is 32.8 Å². The van der Waals surface area contributed by atoms with Gasteiger partial charge in [0.05, 0.1) is 25.9 Å². The number of carbonyl (C=O) groups excluding carboxylic acids is 1. The van der Waals surface area contributed by atoms with E-state index in [9.17, 15) is 4.79 Å². The lowest BCUT2D eigenvalue weighted by Crippen LogP contribution is -2.53. The van der Waals surface area contributed by atoms with Gasteiger partial charge in [-0.2, -0.15) is 0 Å². The van der Waals surface area contributed by atoms with Crippen molar-refractivity contribution in [2.45, 2.75) is 19.4 Å². The standard InChI is InChI=1S/C14H22N4O3/c1-14(2,10-18-4-6-21-7-5-18)17-12(19)11-8-15-13(20-3)16-9-11/h8-9H,4-7,10H2,1-3H3,(H,17,19). The molecule has 1 aromatic heterocycles. The molecule has 0 bridgehead atoms. The molecule has 7 heteroatoms. The summed E-state index contributed by atoms with van der Waals surface area (Å²) in [6.45, 7) is 8.07. The van der Waals surface area contributed by atoms with Gasteiger partial charge in [-0.25, -0.2) is 9.97 Å². The van der Waals surface area contributed by atoms with Gasteiger partial charge in [0.2, 0.25) is 0 Å². The molecule has 0 unspecified atom stereocenters. The van der Waals surface area contributed by atoms with Gasteiger partial charge in [-0.05, 0) is 13.8 Å². The second-order valence-electron chi connectivity index (χ2n) is 5.68. The molecule has 1 N–H and O–H groups in total. The topological polar surface area (TPSA) is 76.6 Å². The van der Waals surface area contributed by atoms with Gasteiger partial charge in [0.15, 0.2) is 0 Å². The van der Waals surface area contributed by atoms with Crippen molar-refractivity contribution < 1.29 is 14.3 Å². The van der Waals surface area contributed by atoms with Gasteiger partial charge in [0.1, 0.15) is 0 Å². The highest BCUT2D eigenvalue weighted by atomic mass is 16.5. The van der Waals surface area contributed by atoms with Crippen LogP contribution in [0.5, 0.6) is 6.01 Å². The quantitative estimate of drug-likeness (QED) is 0.843. The van der Waals surface area contributed by atoms with Crippen molar-refractivity contribution >= 4 is 5.91 Å². The number of aromatic nitrogens is 2. The van der Waals surface area contributed by atoms with Crippen LogP contribution in [0.1, 0.15) is 24.2 Å². The highest BCUT2D eigenvalue weighted by Crippen LogP contribution is 2.10. The van der Waals surface area contributed by atoms with Crippen LogP contribution in [-0.4, -0.2) is 66.3 Å². The zero-order valence-corrected chi connectivity index (χ0v) is 12.8. The molecule has 7 nitrogen and oxygen atoms in total. The summed E-state index contributed by atoms with van der Waals surface area (Å²) in [5.74, 6) is -0.184. The van der Waals surface area contributed by atoms with Crippen LogP contribution in [-0.2, 0) is 4.74 Å². The lowest BCUT2D eigenvalue weighted by molar-refractivity contribution is 0.0269. The molecule has 1 fully saturated rings. The Labute approximate surface area is 124 Å². The van der Waals surface area contributed by atoms with Crippen molar-refractivity contribution in [2.75, 3.05) is 40.0 Å². The fraction of sp³-hybridized carbons (Fsp3) is 0.643. The predicted octanol–water partition coefficient (Wildman–Crippen LogP) is 0.326. The SMILES string of the molecule is COc1ncc(C(=O)NC(C)(C)CN2CCOCC2)cn1. The van der Waals surface area contributed by atoms with E-state index in [1.807, 2.05) is 13.8 Å². The van der Waals surface area contributed by atoms with Crippen LogP contribution in [0.15, 0.2) is 12.4 Å². The summed E-state index contributed by atoms with van der Waals surface area (Å²) < 4.78 is 10.2. The third-order valence-corrected chi connectivity index (χ3v) is 3.25. The summed E-state index contributed by atoms with van der Waals surface area (Å²) in [5, 5.41) is 3.02. The molecular formula is C14H22N4O3. The Hall–Kier alpha value is -1.73. The molecule has 0 saturated carbocycles. The first-order chi connectivity index (χ1) is 10.00. The van der Waals surface area contributed by atoms with Crippen LogP contribution in [0.3, 0.4) is 0 Å². The number of nitrogens with zero attached hydrogens (tertiary/aromatic N) is 3. The largest absolute Gasteiger partial charge is 0.467 e. The number of amides is 1. The molecule has 1 aliphatic rings. The Morgan fingerprint density at radius 1 is 1.38 bits per heavy atom. The van der Waals surface area contributed by atoms with Gasteiger partial charge in [-0.1, -0.05) is 0 Å². The normalized spacial score (nSPS) is 16.5. The van der Waals surface area contributed by atoms with Crippen molar-refractivity contribution in [1.82, 2.24) is 20.2 Å². The van der Waals surface area contributed by atoms with Gasteiger partial charge in [-0.15, -0.1) is 0 Å². The molecule has 116 valence electrons. The Morgan fingerprint density at radius 2 is 2.00 bits per heavy atom. The summed E-state index contributed by atoms with van der Waals surface area (Å²) in [6.07, 6.45) is 2.93. The number of hydrogen-bond donors (Lipinski definition) is 1. The van der Waals surface area contributed by atoms with E-state index in [1.54, 1.807) is 0 Å². The fourth-order valence-corrected chi connectivity index (χ4v) is 2.28. The van der Waals surface area contributed by atoms with Gasteiger partial charge in [0.25, 0.3) is 5.91 Å². The number of hydrogen-bond acceptors (Lipinski definition) is 6. The fourth-order valence-electron chi connectivity index (χ4n) is 2.28. The summed E-state index contributed by atoms with van der Waals surface area (Å²) >= 11 is 0. The van der Waals surface area contributed by atoms with E-state index in [1.165, 1.54) is 19.5 Å². The average molecular weight is 294 g/mol. The van der Waals surface area contributed by atoms with Crippen LogP contribution in [0.2, 0.25) is 0 Å². The van der Waals surface area contributed by atoms with Crippen molar-refractivity contribution in [3.8, 4) is 6.01 Å². The van der Waals surface area contributed by atoms with E-state index in [0.29, 0.717) is 5.56 Å². The highest BCUT2D eigenvalue weighted by Gasteiger charge is 2.25. The molecule has 1 amide bonds. The molecule has 0 atom stereocenters. The first kappa shape index (κ1) is 15.7. The zero-order valence-electron chi connectivity index (χ0n) is 12.8. The smallest absolute Gasteiger partial charge is 0.316 e. The summed E-state index contributed by atoms with van der Waals surface area (Å²) in [6, 6.07) is 0.249. The minimum absolute atomic E-state index is 0.184. The Balaban J connectivity index is 1.92. The highest BCUT2D eigenvalue weighted by molar-refractivity contribution is 5.94. The monoisotopic (exact) mass is 294 g/mol. The molecule has 0 spiro atoms. The molecule has 1 aromatic rings. The van der Waals surface area contributed by atoms with E-state index in [4.69, 9.17) is 9.47 Å². The van der Waals surface area contributed by atoms with Crippen LogP contribution < -0.4 is 10.1 Å². The van der Waals surface area contributed by atoms with Crippen LogP contribution in [0.25, 0.3) is 0 Å². The maximum atomic E-state index is 12.2. The number of rotatable bonds is 5. The van der Waals surface area contributed by atoms with Gasteiger partial charge in [-0.3, -0.25) is 9.69 Å². The summed E-state index contributed by atoms with van der Waals surface area (Å²) in [7, 11) is 1.49. The minimum atomic E-state index is -0.339. The Morgan fingerprint density at radius 3 is 2.57 bits per heavy atom. The lowest BCUT2D eigenvalue weighted by Gasteiger charge is -2.35. The molecule has 2 heterocycles. The minimum Gasteiger partial charge on any atom is -0.467 e. The van der Waals surface area contributed by atoms with Crippen molar-refractivity contribution in [3.63, 3.8) is 0 Å². The molecular weight excluding hydrogens is 272 g/mol. The second kappa shape index (κ2) is 6.82. The average Bonchev–Trinajstić information content (AvgIpc) is 2.47. The lowest BCUT2D eigenvalue weighted by atomic mass is 10.0. The second-order valence-corrected chi connectivity index (χ2v) is 5.68. The van der Waals surface area contributed by atoms with Gasteiger partial charge >= 0.3 is 6.01 Å².